The lowest BCUT2D eigenvalue weighted by molar-refractivity contribution is 1.50. The van der Waals surface area contributed by atoms with Gasteiger partial charge in [0, 0.05) is 9.65 Å². The maximum Gasteiger partial charge on any atom is 0.0915 e. The van der Waals surface area contributed by atoms with Crippen LogP contribution in [0, 0.1) is 14.9 Å². The molecule has 60 valence electrons. The molecule has 0 aliphatic carbocycles. The van der Waals surface area contributed by atoms with E-state index in [-0.39, 0.29) is 0 Å². The number of hydrogen-bond acceptors (Lipinski definition) is 1. The minimum absolute atomic E-state index is 1.02. The second kappa shape index (κ2) is 4.27. The summed E-state index contributed by atoms with van der Waals surface area (Å²) in [6.45, 7) is 1.95. The monoisotopic (exact) mass is 269 g/mol. The van der Waals surface area contributed by atoms with E-state index >= 15 is 0 Å². The zero-order valence-corrected chi connectivity index (χ0v) is 8.87. The summed E-state index contributed by atoms with van der Waals surface area (Å²) < 4.78 is 1.18. The van der Waals surface area contributed by atoms with Crippen molar-refractivity contribution < 1.29 is 0 Å². The van der Waals surface area contributed by atoms with Crippen molar-refractivity contribution in [3.8, 4) is 6.07 Å². The number of allylic oxidation sites excluding steroid dienone is 2. The highest BCUT2D eigenvalue weighted by atomic mass is 127. The maximum atomic E-state index is 8.46. The van der Waals surface area contributed by atoms with Gasteiger partial charge in [-0.3, -0.25) is 0 Å². The summed E-state index contributed by atoms with van der Waals surface area (Å²) in [4.78, 5) is 0. The topological polar surface area (TPSA) is 23.8 Å². The van der Waals surface area contributed by atoms with Crippen LogP contribution in [-0.2, 0) is 0 Å². The van der Waals surface area contributed by atoms with Gasteiger partial charge in [0.05, 0.1) is 6.07 Å². The Hall–Kier alpha value is -0.820. The molecule has 1 aromatic carbocycles. The van der Waals surface area contributed by atoms with E-state index in [0.717, 1.165) is 11.1 Å². The molecule has 0 radical (unpaired) electrons. The summed E-state index contributed by atoms with van der Waals surface area (Å²) in [6.07, 6.45) is 1.57. The maximum absolute atomic E-state index is 8.46. The summed E-state index contributed by atoms with van der Waals surface area (Å²) in [5.74, 6) is 0. The SMILES string of the molecule is CC(=CC#N)c1ccccc1I. The third-order valence-corrected chi connectivity index (χ3v) is 2.52. The smallest absolute Gasteiger partial charge is 0.0915 e. The molecule has 1 rings (SSSR count). The van der Waals surface area contributed by atoms with E-state index in [1.165, 1.54) is 3.57 Å². The average Bonchev–Trinajstić information content (AvgIpc) is 2.05. The van der Waals surface area contributed by atoms with Crippen molar-refractivity contribution in [3.05, 3.63) is 39.5 Å². The van der Waals surface area contributed by atoms with Crippen LogP contribution >= 0.6 is 22.6 Å². The molecule has 0 fully saturated rings. The van der Waals surface area contributed by atoms with Crippen LogP contribution in [-0.4, -0.2) is 0 Å². The van der Waals surface area contributed by atoms with Crippen LogP contribution in [0.3, 0.4) is 0 Å². The largest absolute Gasteiger partial charge is 0.193 e. The molecule has 0 spiro atoms. The first kappa shape index (κ1) is 9.27. The predicted octanol–water partition coefficient (Wildman–Crippen LogP) is 3.22. The zero-order chi connectivity index (χ0) is 8.97. The molecule has 0 aliphatic heterocycles. The molecule has 0 aliphatic rings. The highest BCUT2D eigenvalue weighted by Gasteiger charge is 1.98. The van der Waals surface area contributed by atoms with Crippen molar-refractivity contribution in [1.29, 1.82) is 5.26 Å². The lowest BCUT2D eigenvalue weighted by Crippen LogP contribution is -1.83. The van der Waals surface area contributed by atoms with Crippen LogP contribution in [0.2, 0.25) is 0 Å². The molecule has 1 aromatic rings. The van der Waals surface area contributed by atoms with E-state index in [9.17, 15) is 0 Å². The van der Waals surface area contributed by atoms with Crippen LogP contribution in [0.5, 0.6) is 0 Å². The van der Waals surface area contributed by atoms with Gasteiger partial charge in [0.25, 0.3) is 0 Å². The molecule has 0 bridgehead atoms. The van der Waals surface area contributed by atoms with E-state index in [2.05, 4.69) is 22.6 Å². The third-order valence-electron chi connectivity index (χ3n) is 1.58. The fourth-order valence-electron chi connectivity index (χ4n) is 0.956. The van der Waals surface area contributed by atoms with Crippen molar-refractivity contribution >= 4 is 28.2 Å². The molecule has 0 amide bonds. The molecular formula is C10H8IN. The van der Waals surface area contributed by atoms with Gasteiger partial charge in [-0.05, 0) is 46.7 Å². The van der Waals surface area contributed by atoms with E-state index in [1.807, 2.05) is 37.3 Å². The minimum atomic E-state index is 1.02. The Balaban J connectivity index is 3.13. The van der Waals surface area contributed by atoms with E-state index in [1.54, 1.807) is 6.08 Å². The highest BCUT2D eigenvalue weighted by molar-refractivity contribution is 14.1. The molecule has 0 atom stereocenters. The average molecular weight is 269 g/mol. The Morgan fingerprint density at radius 3 is 2.75 bits per heavy atom. The van der Waals surface area contributed by atoms with Gasteiger partial charge in [-0.1, -0.05) is 18.2 Å². The number of halogens is 1. The third kappa shape index (κ3) is 2.08. The quantitative estimate of drug-likeness (QED) is 0.567. The highest BCUT2D eigenvalue weighted by Crippen LogP contribution is 2.19. The number of hydrogen-bond donors (Lipinski definition) is 0. The lowest BCUT2D eigenvalue weighted by Gasteiger charge is -2.01. The first-order chi connectivity index (χ1) is 5.75. The van der Waals surface area contributed by atoms with Crippen molar-refractivity contribution in [2.24, 2.45) is 0 Å². The molecule has 0 saturated carbocycles. The van der Waals surface area contributed by atoms with Crippen molar-refractivity contribution in [2.75, 3.05) is 0 Å². The fraction of sp³-hybridized carbons (Fsp3) is 0.100. The second-order valence-corrected chi connectivity index (χ2v) is 3.60. The van der Waals surface area contributed by atoms with Gasteiger partial charge >= 0.3 is 0 Å². The van der Waals surface area contributed by atoms with Gasteiger partial charge in [0.1, 0.15) is 0 Å². The van der Waals surface area contributed by atoms with Gasteiger partial charge in [0.15, 0.2) is 0 Å². The van der Waals surface area contributed by atoms with Crippen molar-refractivity contribution in [2.45, 2.75) is 6.92 Å². The molecule has 1 nitrogen and oxygen atoms in total. The molecule has 0 unspecified atom stereocenters. The van der Waals surface area contributed by atoms with Gasteiger partial charge < -0.3 is 0 Å². The van der Waals surface area contributed by atoms with Gasteiger partial charge in [-0.15, -0.1) is 0 Å². The number of nitrogens with zero attached hydrogens (tertiary/aromatic N) is 1. The molecule has 2 heteroatoms. The summed E-state index contributed by atoms with van der Waals surface area (Å²) in [5, 5.41) is 8.46. The summed E-state index contributed by atoms with van der Waals surface area (Å²) in [5.41, 5.74) is 2.15. The number of nitriles is 1. The molecule has 0 saturated heterocycles. The summed E-state index contributed by atoms with van der Waals surface area (Å²) >= 11 is 2.27. The van der Waals surface area contributed by atoms with Crippen LogP contribution in [0.25, 0.3) is 5.57 Å². The van der Waals surface area contributed by atoms with E-state index < -0.39 is 0 Å². The molecule has 0 N–H and O–H groups in total. The van der Waals surface area contributed by atoms with Crippen molar-refractivity contribution in [3.63, 3.8) is 0 Å². The Bertz CT molecular complexity index is 347. The zero-order valence-electron chi connectivity index (χ0n) is 6.71. The molecular weight excluding hydrogens is 261 g/mol. The number of benzene rings is 1. The normalized spacial score (nSPS) is 10.9. The first-order valence-corrected chi connectivity index (χ1v) is 4.65. The number of rotatable bonds is 1. The molecule has 0 heterocycles. The van der Waals surface area contributed by atoms with Gasteiger partial charge in [-0.25, -0.2) is 0 Å². The first-order valence-electron chi connectivity index (χ1n) is 3.57. The van der Waals surface area contributed by atoms with Crippen LogP contribution in [0.4, 0.5) is 0 Å². The van der Waals surface area contributed by atoms with Crippen LogP contribution in [0.1, 0.15) is 12.5 Å². The minimum Gasteiger partial charge on any atom is -0.193 e. The Kier molecular flexibility index (Phi) is 3.30. The Morgan fingerprint density at radius 2 is 2.17 bits per heavy atom. The Morgan fingerprint density at radius 1 is 1.50 bits per heavy atom. The van der Waals surface area contributed by atoms with Crippen LogP contribution in [0.15, 0.2) is 30.3 Å². The fourth-order valence-corrected chi connectivity index (χ4v) is 1.77. The van der Waals surface area contributed by atoms with Gasteiger partial charge in [-0.2, -0.15) is 5.26 Å². The summed E-state index contributed by atoms with van der Waals surface area (Å²) in [7, 11) is 0. The van der Waals surface area contributed by atoms with E-state index in [4.69, 9.17) is 5.26 Å². The van der Waals surface area contributed by atoms with E-state index in [0.29, 0.717) is 0 Å². The lowest BCUT2D eigenvalue weighted by atomic mass is 10.1. The van der Waals surface area contributed by atoms with Crippen LogP contribution < -0.4 is 0 Å². The predicted molar refractivity (Wildman–Crippen MR) is 58.4 cm³/mol. The Labute approximate surface area is 85.9 Å². The molecule has 0 aromatic heterocycles. The summed E-state index contributed by atoms with van der Waals surface area (Å²) in [6, 6.07) is 10.0. The van der Waals surface area contributed by atoms with Crippen molar-refractivity contribution in [1.82, 2.24) is 0 Å². The standard InChI is InChI=1S/C10H8IN/c1-8(6-7-12)9-4-2-3-5-10(9)11/h2-6H,1H3. The second-order valence-electron chi connectivity index (χ2n) is 2.44. The van der Waals surface area contributed by atoms with Gasteiger partial charge in [0.2, 0.25) is 0 Å². The molecule has 12 heavy (non-hydrogen) atoms.